The highest BCUT2D eigenvalue weighted by Gasteiger charge is 2.21. The molecule has 0 aliphatic heterocycles. The van der Waals surface area contributed by atoms with Gasteiger partial charge in [-0.25, -0.2) is 4.68 Å². The number of rotatable bonds is 4. The van der Waals surface area contributed by atoms with Crippen LogP contribution in [0.25, 0.3) is 0 Å². The lowest BCUT2D eigenvalue weighted by Crippen LogP contribution is -2.25. The second kappa shape index (κ2) is 8.18. The summed E-state index contributed by atoms with van der Waals surface area (Å²) in [5.41, 5.74) is 0.252. The van der Waals surface area contributed by atoms with Crippen molar-refractivity contribution >= 4 is 5.78 Å². The number of carbonyl (C=O) groups excluding carboxylic acids is 1. The number of Topliss-reactive ketones (excluding diaryl/α,β-unsaturated/α-hetero) is 1. The molecule has 20 heavy (non-hydrogen) atoms. The summed E-state index contributed by atoms with van der Waals surface area (Å²) in [6.45, 7) is 15.1. The van der Waals surface area contributed by atoms with Crippen LogP contribution in [0.2, 0.25) is 0 Å². The lowest BCUT2D eigenvalue weighted by atomic mass is 9.90. The molecule has 4 nitrogen and oxygen atoms in total. The van der Waals surface area contributed by atoms with E-state index in [-0.39, 0.29) is 11.2 Å². The van der Waals surface area contributed by atoms with Crippen molar-refractivity contribution in [2.75, 3.05) is 0 Å². The van der Waals surface area contributed by atoms with E-state index in [4.69, 9.17) is 0 Å². The summed E-state index contributed by atoms with van der Waals surface area (Å²) >= 11 is 0. The molecule has 0 spiro atoms. The van der Waals surface area contributed by atoms with Gasteiger partial charge >= 0.3 is 0 Å². The minimum absolute atomic E-state index is 0.160. The van der Waals surface area contributed by atoms with E-state index in [2.05, 4.69) is 38.0 Å². The number of aromatic nitrogens is 3. The van der Waals surface area contributed by atoms with E-state index < -0.39 is 0 Å². The number of nitrogens with zero attached hydrogens (tertiary/aromatic N) is 3. The van der Waals surface area contributed by atoms with Crippen molar-refractivity contribution in [1.29, 1.82) is 0 Å². The van der Waals surface area contributed by atoms with Crippen molar-refractivity contribution in [3.63, 3.8) is 0 Å². The van der Waals surface area contributed by atoms with E-state index in [1.54, 1.807) is 12.4 Å². The van der Waals surface area contributed by atoms with Crippen LogP contribution in [0.15, 0.2) is 12.4 Å². The molecule has 0 aromatic carbocycles. The highest BCUT2D eigenvalue weighted by Crippen LogP contribution is 2.20. The number of hydrogen-bond acceptors (Lipinski definition) is 3. The summed E-state index contributed by atoms with van der Waals surface area (Å²) in [5.74, 6) is 0.160. The van der Waals surface area contributed by atoms with Crippen LogP contribution in [0.5, 0.6) is 0 Å². The third kappa shape index (κ3) is 9.70. The Hall–Kier alpha value is -1.19. The quantitative estimate of drug-likeness (QED) is 0.834. The summed E-state index contributed by atoms with van der Waals surface area (Å²) in [6.07, 6.45) is 7.32. The average molecular weight is 281 g/mol. The molecule has 0 atom stereocenters. The first-order valence-corrected chi connectivity index (χ1v) is 7.43. The second-order valence-electron chi connectivity index (χ2n) is 7.44. The maximum absolute atomic E-state index is 11.4. The molecular formula is C16H31N3O. The molecule has 1 aromatic heterocycles. The fourth-order valence-electron chi connectivity index (χ4n) is 1.41. The molecule has 0 aliphatic rings. The molecule has 1 aromatic rings. The van der Waals surface area contributed by atoms with E-state index in [0.29, 0.717) is 12.0 Å². The molecule has 116 valence electrons. The van der Waals surface area contributed by atoms with E-state index >= 15 is 0 Å². The third-order valence-electron chi connectivity index (χ3n) is 2.89. The Bertz CT molecular complexity index is 369. The van der Waals surface area contributed by atoms with E-state index in [1.165, 1.54) is 23.9 Å². The standard InChI is InChI=1S/C8H13N3O.C8H18/c1-8(2,3)7(12)6-11-5-4-9-10-11;1-5-6-7-8(2,3)4/h4-5H,6H2,1-3H3;5-7H2,1-4H3. The van der Waals surface area contributed by atoms with Crippen LogP contribution in [-0.2, 0) is 11.3 Å². The fourth-order valence-corrected chi connectivity index (χ4v) is 1.41. The molecular weight excluding hydrogens is 250 g/mol. The Balaban J connectivity index is 0.000000396. The normalized spacial score (nSPS) is 11.8. The van der Waals surface area contributed by atoms with Gasteiger partial charge in [0.2, 0.25) is 0 Å². The number of carbonyl (C=O) groups is 1. The van der Waals surface area contributed by atoms with Gasteiger partial charge in [-0.3, -0.25) is 4.79 Å². The van der Waals surface area contributed by atoms with Gasteiger partial charge in [-0.2, -0.15) is 0 Å². The first-order chi connectivity index (χ1) is 9.06. The van der Waals surface area contributed by atoms with Crippen molar-refractivity contribution in [3.8, 4) is 0 Å². The van der Waals surface area contributed by atoms with Gasteiger partial charge in [0.15, 0.2) is 5.78 Å². The lowest BCUT2D eigenvalue weighted by Gasteiger charge is -2.16. The largest absolute Gasteiger partial charge is 0.297 e. The first-order valence-electron chi connectivity index (χ1n) is 7.43. The van der Waals surface area contributed by atoms with E-state index in [0.717, 1.165) is 0 Å². The predicted molar refractivity (Wildman–Crippen MR) is 83.5 cm³/mol. The summed E-state index contributed by atoms with van der Waals surface area (Å²) in [4.78, 5) is 11.4. The Kier molecular flexibility index (Phi) is 7.69. The van der Waals surface area contributed by atoms with Gasteiger partial charge in [0.05, 0.1) is 6.20 Å². The summed E-state index contributed by atoms with van der Waals surface area (Å²) in [5, 5.41) is 7.33. The Morgan fingerprint density at radius 1 is 1.15 bits per heavy atom. The maximum atomic E-state index is 11.4. The smallest absolute Gasteiger partial charge is 0.159 e. The van der Waals surface area contributed by atoms with Crippen molar-refractivity contribution < 1.29 is 4.79 Å². The van der Waals surface area contributed by atoms with Crippen LogP contribution in [0.3, 0.4) is 0 Å². The highest BCUT2D eigenvalue weighted by atomic mass is 16.1. The minimum atomic E-state index is -0.300. The maximum Gasteiger partial charge on any atom is 0.159 e. The third-order valence-corrected chi connectivity index (χ3v) is 2.89. The van der Waals surface area contributed by atoms with Crippen LogP contribution in [-0.4, -0.2) is 20.8 Å². The minimum Gasteiger partial charge on any atom is -0.297 e. The molecule has 4 heteroatoms. The van der Waals surface area contributed by atoms with E-state index in [1.807, 2.05) is 20.8 Å². The van der Waals surface area contributed by atoms with Crippen LogP contribution in [0.1, 0.15) is 67.7 Å². The molecule has 1 rings (SSSR count). The van der Waals surface area contributed by atoms with Gasteiger partial charge in [0.25, 0.3) is 0 Å². The number of unbranched alkanes of at least 4 members (excludes halogenated alkanes) is 1. The van der Waals surface area contributed by atoms with E-state index in [9.17, 15) is 4.79 Å². The zero-order valence-corrected chi connectivity index (χ0v) is 14.2. The Morgan fingerprint density at radius 3 is 2.05 bits per heavy atom. The first kappa shape index (κ1) is 18.8. The molecule has 0 amide bonds. The fraction of sp³-hybridized carbons (Fsp3) is 0.812. The molecule has 0 N–H and O–H groups in total. The average Bonchev–Trinajstić information content (AvgIpc) is 2.77. The van der Waals surface area contributed by atoms with Gasteiger partial charge in [-0.15, -0.1) is 5.10 Å². The van der Waals surface area contributed by atoms with Crippen LogP contribution in [0, 0.1) is 10.8 Å². The topological polar surface area (TPSA) is 47.8 Å². The molecule has 0 bridgehead atoms. The zero-order chi connectivity index (χ0) is 15.8. The lowest BCUT2D eigenvalue weighted by molar-refractivity contribution is -0.127. The number of hydrogen-bond donors (Lipinski definition) is 0. The summed E-state index contributed by atoms with van der Waals surface area (Å²) in [7, 11) is 0. The van der Waals surface area contributed by atoms with Crippen molar-refractivity contribution in [1.82, 2.24) is 15.0 Å². The molecule has 0 fully saturated rings. The van der Waals surface area contributed by atoms with Crippen LogP contribution in [0.4, 0.5) is 0 Å². The predicted octanol–water partition coefficient (Wildman–Crippen LogP) is 4.12. The summed E-state index contributed by atoms with van der Waals surface area (Å²) in [6, 6.07) is 0. The highest BCUT2D eigenvalue weighted by molar-refractivity contribution is 5.83. The van der Waals surface area contributed by atoms with Crippen molar-refractivity contribution in [2.24, 2.45) is 10.8 Å². The molecule has 0 aliphatic carbocycles. The SMILES string of the molecule is CC(C)(C)C(=O)Cn1ccnn1.CCCCC(C)(C)C. The Labute approximate surface area is 124 Å². The summed E-state index contributed by atoms with van der Waals surface area (Å²) < 4.78 is 1.54. The van der Waals surface area contributed by atoms with Crippen LogP contribution < -0.4 is 0 Å². The molecule has 0 unspecified atom stereocenters. The van der Waals surface area contributed by atoms with Gasteiger partial charge in [0.1, 0.15) is 6.54 Å². The number of ketones is 1. The van der Waals surface area contributed by atoms with Gasteiger partial charge in [0, 0.05) is 11.6 Å². The molecule has 1 heterocycles. The Morgan fingerprint density at radius 2 is 1.75 bits per heavy atom. The van der Waals surface area contributed by atoms with Crippen LogP contribution >= 0.6 is 0 Å². The molecule has 0 radical (unpaired) electrons. The second-order valence-corrected chi connectivity index (χ2v) is 7.44. The van der Waals surface area contributed by atoms with Crippen molar-refractivity contribution in [3.05, 3.63) is 12.4 Å². The van der Waals surface area contributed by atoms with Gasteiger partial charge in [-0.05, 0) is 11.8 Å². The van der Waals surface area contributed by atoms with Gasteiger partial charge < -0.3 is 0 Å². The molecule has 0 saturated heterocycles. The van der Waals surface area contributed by atoms with Gasteiger partial charge in [-0.1, -0.05) is 66.5 Å². The zero-order valence-electron chi connectivity index (χ0n) is 14.2. The van der Waals surface area contributed by atoms with Crippen molar-refractivity contribution in [2.45, 2.75) is 74.3 Å². The molecule has 0 saturated carbocycles. The monoisotopic (exact) mass is 281 g/mol.